The number of esters is 3. The Morgan fingerprint density at radius 2 is 0.641 bits per heavy atom. The fourth-order valence-electron chi connectivity index (χ4n) is 7.06. The number of carbonyl (C=O) groups excluding carboxylic acids is 3. The predicted molar refractivity (Wildman–Crippen MR) is 274 cm³/mol. The third-order valence-corrected chi connectivity index (χ3v) is 11.0. The van der Waals surface area contributed by atoms with Gasteiger partial charge in [-0.05, 0) is 57.8 Å². The van der Waals surface area contributed by atoms with E-state index in [4.69, 9.17) is 14.2 Å². The van der Waals surface area contributed by atoms with Crippen molar-refractivity contribution in [1.29, 1.82) is 0 Å². The molecule has 0 aromatic carbocycles. The van der Waals surface area contributed by atoms with Gasteiger partial charge in [0.2, 0.25) is 0 Å². The van der Waals surface area contributed by atoms with Gasteiger partial charge in [-0.3, -0.25) is 14.4 Å². The number of carbonyl (C=O) groups is 3. The molecule has 0 aliphatic rings. The average Bonchev–Trinajstić information content (AvgIpc) is 3.29. The van der Waals surface area contributed by atoms with Crippen LogP contribution in [0.25, 0.3) is 0 Å². The summed E-state index contributed by atoms with van der Waals surface area (Å²) in [7, 11) is 0. The second-order valence-electron chi connectivity index (χ2n) is 17.2. The molecule has 0 heterocycles. The summed E-state index contributed by atoms with van der Waals surface area (Å²) in [5.74, 6) is -0.939. The molecule has 0 rings (SSSR count). The second kappa shape index (κ2) is 52.0. The molecule has 6 nitrogen and oxygen atoms in total. The van der Waals surface area contributed by atoms with Crippen LogP contribution in [-0.2, 0) is 28.6 Å². The summed E-state index contributed by atoms with van der Waals surface area (Å²) < 4.78 is 16.8. The average molecular weight is 889 g/mol. The van der Waals surface area contributed by atoms with Crippen LogP contribution in [0.15, 0.2) is 97.2 Å². The minimum Gasteiger partial charge on any atom is -0.462 e. The molecule has 0 amide bonds. The number of ether oxygens (including phenoxy) is 3. The molecule has 364 valence electrons. The van der Waals surface area contributed by atoms with E-state index in [1.807, 2.05) is 24.3 Å². The first-order valence-electron chi connectivity index (χ1n) is 26.3. The molecule has 0 radical (unpaired) electrons. The lowest BCUT2D eigenvalue weighted by atomic mass is 10.0. The summed E-state index contributed by atoms with van der Waals surface area (Å²) in [6, 6.07) is 0. The minimum atomic E-state index is -0.796. The van der Waals surface area contributed by atoms with Crippen molar-refractivity contribution >= 4 is 17.9 Å². The molecule has 1 atom stereocenters. The van der Waals surface area contributed by atoms with Crippen LogP contribution in [-0.4, -0.2) is 37.2 Å². The zero-order valence-corrected chi connectivity index (χ0v) is 41.5. The van der Waals surface area contributed by atoms with Crippen LogP contribution >= 0.6 is 0 Å². The Kier molecular flexibility index (Phi) is 49.0. The molecule has 0 saturated carbocycles. The van der Waals surface area contributed by atoms with Crippen molar-refractivity contribution in [1.82, 2.24) is 0 Å². The smallest absolute Gasteiger partial charge is 0.306 e. The molecular weight excluding hydrogens is 793 g/mol. The largest absolute Gasteiger partial charge is 0.462 e. The highest BCUT2D eigenvalue weighted by molar-refractivity contribution is 5.71. The van der Waals surface area contributed by atoms with Crippen LogP contribution in [0.4, 0.5) is 0 Å². The first-order valence-corrected chi connectivity index (χ1v) is 26.3. The van der Waals surface area contributed by atoms with E-state index in [0.29, 0.717) is 19.3 Å². The van der Waals surface area contributed by atoms with Gasteiger partial charge < -0.3 is 14.2 Å². The van der Waals surface area contributed by atoms with Gasteiger partial charge >= 0.3 is 17.9 Å². The van der Waals surface area contributed by atoms with Crippen molar-refractivity contribution in [2.45, 2.75) is 239 Å². The van der Waals surface area contributed by atoms with Gasteiger partial charge in [0.05, 0.1) is 0 Å². The third-order valence-electron chi connectivity index (χ3n) is 11.0. The molecule has 0 saturated heterocycles. The van der Waals surface area contributed by atoms with E-state index in [9.17, 15) is 14.4 Å². The van der Waals surface area contributed by atoms with E-state index in [2.05, 4.69) is 93.7 Å². The van der Waals surface area contributed by atoms with Crippen LogP contribution in [0.2, 0.25) is 0 Å². The monoisotopic (exact) mass is 889 g/mol. The molecule has 0 aliphatic heterocycles. The Morgan fingerprint density at radius 1 is 0.328 bits per heavy atom. The molecule has 1 unspecified atom stereocenters. The minimum absolute atomic E-state index is 0.0962. The van der Waals surface area contributed by atoms with Gasteiger partial charge in [0.1, 0.15) is 13.2 Å². The van der Waals surface area contributed by atoms with Gasteiger partial charge in [0.25, 0.3) is 0 Å². The zero-order valence-electron chi connectivity index (χ0n) is 41.5. The normalized spacial score (nSPS) is 12.9. The molecule has 64 heavy (non-hydrogen) atoms. The lowest BCUT2D eigenvalue weighted by Gasteiger charge is -2.18. The second-order valence-corrected chi connectivity index (χ2v) is 17.2. The Bertz CT molecular complexity index is 1300. The van der Waals surface area contributed by atoms with E-state index in [-0.39, 0.29) is 31.1 Å². The summed E-state index contributed by atoms with van der Waals surface area (Å²) in [5.41, 5.74) is 0. The fourth-order valence-corrected chi connectivity index (χ4v) is 7.06. The number of allylic oxidation sites excluding steroid dienone is 16. The standard InChI is InChI=1S/C58H96O6/c1-4-7-10-13-16-19-22-25-27-28-29-31-33-36-39-42-45-48-51-57(60)63-54-55(53-62-56(59)50-47-44-41-38-35-32-24-21-18-15-12-9-6-3)64-58(61)52-49-46-43-40-37-34-30-26-23-20-17-14-11-8-5-2/h9-10,12-13,15-16,18-19,21-22,24-25,27-29,31,55H,4-8,11,14,17,20,23,26,30,32-54H2,1-3H3/b12-9+,13-10+,18-15+,19-16+,24-21+,25-22+,28-27+,31-29+. The van der Waals surface area contributed by atoms with Gasteiger partial charge in [-0.1, -0.05) is 253 Å². The summed E-state index contributed by atoms with van der Waals surface area (Å²) in [5, 5.41) is 0. The third kappa shape index (κ3) is 49.3. The number of unbranched alkanes of at least 4 members (excludes halogenated alkanes) is 25. The van der Waals surface area contributed by atoms with Crippen LogP contribution < -0.4 is 0 Å². The van der Waals surface area contributed by atoms with Crippen molar-refractivity contribution in [2.24, 2.45) is 0 Å². The fraction of sp³-hybridized carbons (Fsp3) is 0.672. The molecule has 0 aromatic heterocycles. The maximum Gasteiger partial charge on any atom is 0.306 e. The van der Waals surface area contributed by atoms with Gasteiger partial charge in [0, 0.05) is 19.3 Å². The highest BCUT2D eigenvalue weighted by Gasteiger charge is 2.19. The molecule has 0 spiro atoms. The number of hydrogen-bond acceptors (Lipinski definition) is 6. The molecule has 0 fully saturated rings. The van der Waals surface area contributed by atoms with Crippen molar-refractivity contribution in [3.8, 4) is 0 Å². The summed E-state index contributed by atoms with van der Waals surface area (Å²) in [4.78, 5) is 38.0. The SMILES string of the molecule is CC/C=C/C=C/C=C/CCCCCCCC(=O)OCC(COC(=O)CCCCCCC/C=C/C=C/C=C/C=C/C=C/CCC)OC(=O)CCCCCCCCCCCCCCCCC. The van der Waals surface area contributed by atoms with Gasteiger partial charge in [-0.2, -0.15) is 0 Å². The quantitative estimate of drug-likeness (QED) is 0.0262. The predicted octanol–water partition coefficient (Wildman–Crippen LogP) is 17.4. The van der Waals surface area contributed by atoms with E-state index < -0.39 is 6.10 Å². The Hall–Kier alpha value is -3.67. The molecule has 0 bridgehead atoms. The molecule has 0 N–H and O–H groups in total. The van der Waals surface area contributed by atoms with Crippen LogP contribution in [0.5, 0.6) is 0 Å². The maximum atomic E-state index is 12.8. The van der Waals surface area contributed by atoms with Gasteiger partial charge in [0.15, 0.2) is 6.10 Å². The highest BCUT2D eigenvalue weighted by Crippen LogP contribution is 2.15. The molecule has 6 heteroatoms. The van der Waals surface area contributed by atoms with Crippen molar-refractivity contribution in [3.05, 3.63) is 97.2 Å². The zero-order chi connectivity index (χ0) is 46.5. The first-order chi connectivity index (χ1) is 31.5. The van der Waals surface area contributed by atoms with E-state index in [1.54, 1.807) is 0 Å². The molecule has 0 aromatic rings. The van der Waals surface area contributed by atoms with E-state index >= 15 is 0 Å². The highest BCUT2D eigenvalue weighted by atomic mass is 16.6. The Labute approximate surface area is 394 Å². The van der Waals surface area contributed by atoms with E-state index in [0.717, 1.165) is 109 Å². The molecular formula is C58H96O6. The topological polar surface area (TPSA) is 78.9 Å². The maximum absolute atomic E-state index is 12.8. The van der Waals surface area contributed by atoms with E-state index in [1.165, 1.54) is 83.5 Å². The van der Waals surface area contributed by atoms with Crippen molar-refractivity contribution in [3.63, 3.8) is 0 Å². The van der Waals surface area contributed by atoms with Crippen LogP contribution in [0.1, 0.15) is 233 Å². The van der Waals surface area contributed by atoms with Gasteiger partial charge in [-0.15, -0.1) is 0 Å². The van der Waals surface area contributed by atoms with Crippen molar-refractivity contribution < 1.29 is 28.6 Å². The Balaban J connectivity index is 4.46. The lowest BCUT2D eigenvalue weighted by Crippen LogP contribution is -2.30. The van der Waals surface area contributed by atoms with Crippen LogP contribution in [0, 0.1) is 0 Å². The van der Waals surface area contributed by atoms with Crippen molar-refractivity contribution in [2.75, 3.05) is 13.2 Å². The number of rotatable bonds is 46. The van der Waals surface area contributed by atoms with Crippen LogP contribution in [0.3, 0.4) is 0 Å². The molecule has 0 aliphatic carbocycles. The number of hydrogen-bond donors (Lipinski definition) is 0. The summed E-state index contributed by atoms with van der Waals surface area (Å²) in [6.07, 6.45) is 68.1. The Morgan fingerprint density at radius 3 is 1.02 bits per heavy atom. The summed E-state index contributed by atoms with van der Waals surface area (Å²) in [6.45, 7) is 6.38. The summed E-state index contributed by atoms with van der Waals surface area (Å²) >= 11 is 0. The first kappa shape index (κ1) is 60.3. The lowest BCUT2D eigenvalue weighted by molar-refractivity contribution is -0.167. The van der Waals surface area contributed by atoms with Gasteiger partial charge in [-0.25, -0.2) is 0 Å².